The maximum Gasteiger partial charge on any atom is 0.239 e. The lowest BCUT2D eigenvalue weighted by Crippen LogP contribution is -2.52. The van der Waals surface area contributed by atoms with Crippen molar-refractivity contribution in [2.45, 2.75) is 65.0 Å². The van der Waals surface area contributed by atoms with Crippen LogP contribution in [0, 0.1) is 11.8 Å². The monoisotopic (exact) mass is 295 g/mol. The summed E-state index contributed by atoms with van der Waals surface area (Å²) in [4.78, 5) is 17.0. The van der Waals surface area contributed by atoms with Crippen LogP contribution >= 0.6 is 0 Å². The number of carbonyl (C=O) groups is 1. The van der Waals surface area contributed by atoms with E-state index in [2.05, 4.69) is 25.7 Å². The molecular formula is C17H33N3O. The molecule has 1 amide bonds. The molecule has 2 fully saturated rings. The number of piperidine rings is 2. The molecule has 0 saturated carbocycles. The summed E-state index contributed by atoms with van der Waals surface area (Å²) in [6.45, 7) is 10.9. The number of likely N-dealkylation sites (tertiary alicyclic amines) is 2. The van der Waals surface area contributed by atoms with Gasteiger partial charge in [0.15, 0.2) is 0 Å². The van der Waals surface area contributed by atoms with Gasteiger partial charge < -0.3 is 10.6 Å². The Kier molecular flexibility index (Phi) is 6.06. The minimum absolute atomic E-state index is 0.161. The van der Waals surface area contributed by atoms with Gasteiger partial charge in [-0.1, -0.05) is 20.8 Å². The molecule has 2 atom stereocenters. The molecule has 2 rings (SSSR count). The molecule has 4 heteroatoms. The van der Waals surface area contributed by atoms with Crippen molar-refractivity contribution in [3.05, 3.63) is 0 Å². The van der Waals surface area contributed by atoms with Crippen LogP contribution in [-0.2, 0) is 4.79 Å². The summed E-state index contributed by atoms with van der Waals surface area (Å²) in [5.74, 6) is 1.48. The highest BCUT2D eigenvalue weighted by Crippen LogP contribution is 2.24. The van der Waals surface area contributed by atoms with Crippen molar-refractivity contribution in [2.75, 3.05) is 26.2 Å². The Morgan fingerprint density at radius 3 is 2.43 bits per heavy atom. The van der Waals surface area contributed by atoms with Crippen LogP contribution in [-0.4, -0.2) is 54.0 Å². The molecular weight excluding hydrogens is 262 g/mol. The van der Waals surface area contributed by atoms with E-state index in [1.54, 1.807) is 0 Å². The van der Waals surface area contributed by atoms with Gasteiger partial charge >= 0.3 is 0 Å². The highest BCUT2D eigenvalue weighted by Gasteiger charge is 2.30. The molecule has 1 unspecified atom stereocenters. The topological polar surface area (TPSA) is 49.6 Å². The third-order valence-electron chi connectivity index (χ3n) is 5.02. The molecule has 122 valence electrons. The maximum absolute atomic E-state index is 12.4. The number of hydrogen-bond acceptors (Lipinski definition) is 3. The zero-order chi connectivity index (χ0) is 15.4. The zero-order valence-corrected chi connectivity index (χ0v) is 14.1. The number of hydrogen-bond donors (Lipinski definition) is 1. The predicted octanol–water partition coefficient (Wildman–Crippen LogP) is 2.08. The average Bonchev–Trinajstić information content (AvgIpc) is 2.46. The van der Waals surface area contributed by atoms with Gasteiger partial charge in [-0.2, -0.15) is 0 Å². The van der Waals surface area contributed by atoms with E-state index in [0.717, 1.165) is 38.3 Å². The summed E-state index contributed by atoms with van der Waals surface area (Å²) in [7, 11) is 0. The molecule has 0 spiro atoms. The van der Waals surface area contributed by atoms with E-state index in [0.29, 0.717) is 12.0 Å². The van der Waals surface area contributed by atoms with Crippen LogP contribution in [0.25, 0.3) is 0 Å². The minimum Gasteiger partial charge on any atom is -0.341 e. The van der Waals surface area contributed by atoms with Crippen LogP contribution in [0.2, 0.25) is 0 Å². The first-order chi connectivity index (χ1) is 9.97. The van der Waals surface area contributed by atoms with Crippen LogP contribution in [0.15, 0.2) is 0 Å². The van der Waals surface area contributed by atoms with Crippen molar-refractivity contribution in [2.24, 2.45) is 17.6 Å². The van der Waals surface area contributed by atoms with Crippen LogP contribution in [0.4, 0.5) is 0 Å². The maximum atomic E-state index is 12.4. The van der Waals surface area contributed by atoms with Gasteiger partial charge in [0.25, 0.3) is 0 Å². The third-order valence-corrected chi connectivity index (χ3v) is 5.02. The van der Waals surface area contributed by atoms with Gasteiger partial charge in [-0.25, -0.2) is 0 Å². The van der Waals surface area contributed by atoms with Crippen LogP contribution < -0.4 is 5.73 Å². The van der Waals surface area contributed by atoms with E-state index >= 15 is 0 Å². The Bertz CT molecular complexity index is 337. The molecule has 2 saturated heterocycles. The van der Waals surface area contributed by atoms with Crippen molar-refractivity contribution >= 4 is 5.91 Å². The molecule has 0 aromatic carbocycles. The van der Waals surface area contributed by atoms with Crippen molar-refractivity contribution in [3.8, 4) is 0 Å². The van der Waals surface area contributed by atoms with Gasteiger partial charge in [0.2, 0.25) is 5.91 Å². The Morgan fingerprint density at radius 1 is 1.19 bits per heavy atom. The SMILES string of the molecule is CC(C)C[C@H](N)C(=O)N1CCC(N2CCCC(C)C2)CC1. The van der Waals surface area contributed by atoms with Gasteiger partial charge in [-0.15, -0.1) is 0 Å². The Labute approximate surface area is 130 Å². The van der Waals surface area contributed by atoms with Gasteiger partial charge in [0.1, 0.15) is 0 Å². The van der Waals surface area contributed by atoms with E-state index in [1.807, 2.05) is 4.90 Å². The summed E-state index contributed by atoms with van der Waals surface area (Å²) in [6.07, 6.45) is 5.74. The number of rotatable bonds is 4. The van der Waals surface area contributed by atoms with E-state index in [4.69, 9.17) is 5.73 Å². The van der Waals surface area contributed by atoms with Crippen LogP contribution in [0.5, 0.6) is 0 Å². The molecule has 2 aliphatic rings. The van der Waals surface area contributed by atoms with Crippen molar-refractivity contribution in [3.63, 3.8) is 0 Å². The van der Waals surface area contributed by atoms with E-state index in [9.17, 15) is 4.79 Å². The van der Waals surface area contributed by atoms with Crippen molar-refractivity contribution in [1.29, 1.82) is 0 Å². The molecule has 0 aromatic rings. The van der Waals surface area contributed by atoms with Gasteiger partial charge in [-0.05, 0) is 50.5 Å². The molecule has 2 aliphatic heterocycles. The number of nitrogens with two attached hydrogens (primary N) is 1. The quantitative estimate of drug-likeness (QED) is 0.864. The Morgan fingerprint density at radius 2 is 1.86 bits per heavy atom. The highest BCUT2D eigenvalue weighted by atomic mass is 16.2. The van der Waals surface area contributed by atoms with Crippen molar-refractivity contribution < 1.29 is 4.79 Å². The van der Waals surface area contributed by atoms with Crippen LogP contribution in [0.3, 0.4) is 0 Å². The molecule has 4 nitrogen and oxygen atoms in total. The lowest BCUT2D eigenvalue weighted by molar-refractivity contribution is -0.134. The lowest BCUT2D eigenvalue weighted by Gasteiger charge is -2.42. The second kappa shape index (κ2) is 7.59. The Hall–Kier alpha value is -0.610. The predicted molar refractivity (Wildman–Crippen MR) is 87.0 cm³/mol. The van der Waals surface area contributed by atoms with Gasteiger partial charge in [0, 0.05) is 25.7 Å². The van der Waals surface area contributed by atoms with E-state index in [-0.39, 0.29) is 11.9 Å². The fourth-order valence-electron chi connectivity index (χ4n) is 3.85. The fourth-order valence-corrected chi connectivity index (χ4v) is 3.85. The molecule has 0 bridgehead atoms. The number of amides is 1. The van der Waals surface area contributed by atoms with Crippen molar-refractivity contribution in [1.82, 2.24) is 9.80 Å². The first-order valence-corrected chi connectivity index (χ1v) is 8.75. The first kappa shape index (κ1) is 16.8. The normalized spacial score (nSPS) is 27.1. The number of nitrogens with zero attached hydrogens (tertiary/aromatic N) is 2. The molecule has 2 N–H and O–H groups in total. The smallest absolute Gasteiger partial charge is 0.239 e. The molecule has 0 aliphatic carbocycles. The number of carbonyl (C=O) groups excluding carboxylic acids is 1. The summed E-state index contributed by atoms with van der Waals surface area (Å²) < 4.78 is 0. The van der Waals surface area contributed by atoms with E-state index in [1.165, 1.54) is 25.9 Å². The van der Waals surface area contributed by atoms with Gasteiger partial charge in [-0.3, -0.25) is 9.69 Å². The summed E-state index contributed by atoms with van der Waals surface area (Å²) in [5, 5.41) is 0. The molecule has 0 aromatic heterocycles. The summed E-state index contributed by atoms with van der Waals surface area (Å²) >= 11 is 0. The van der Waals surface area contributed by atoms with Crippen LogP contribution in [0.1, 0.15) is 52.9 Å². The Balaban J connectivity index is 1.78. The van der Waals surface area contributed by atoms with E-state index < -0.39 is 0 Å². The fraction of sp³-hybridized carbons (Fsp3) is 0.941. The highest BCUT2D eigenvalue weighted by molar-refractivity contribution is 5.81. The molecule has 0 radical (unpaired) electrons. The average molecular weight is 295 g/mol. The third kappa shape index (κ3) is 4.68. The zero-order valence-electron chi connectivity index (χ0n) is 14.1. The van der Waals surface area contributed by atoms with Gasteiger partial charge in [0.05, 0.1) is 6.04 Å². The molecule has 2 heterocycles. The summed E-state index contributed by atoms with van der Waals surface area (Å²) in [5.41, 5.74) is 6.04. The first-order valence-electron chi connectivity index (χ1n) is 8.75. The second-order valence-electron chi connectivity index (χ2n) is 7.53. The summed E-state index contributed by atoms with van der Waals surface area (Å²) in [6, 6.07) is 0.370. The minimum atomic E-state index is -0.309. The standard InChI is InChI=1S/C17H33N3O/c1-13(2)11-16(18)17(21)19-9-6-15(7-10-19)20-8-4-5-14(3)12-20/h13-16H,4-12,18H2,1-3H3/t14?,16-/m0/s1. The largest absolute Gasteiger partial charge is 0.341 e. The molecule has 21 heavy (non-hydrogen) atoms. The second-order valence-corrected chi connectivity index (χ2v) is 7.53. The lowest BCUT2D eigenvalue weighted by atomic mass is 9.94.